The SMILES string of the molecule is Cl.NCCCCCCCCCCN. The fraction of sp³-hybridized carbons (Fsp3) is 1.00. The van der Waals surface area contributed by atoms with Gasteiger partial charge in [0.15, 0.2) is 0 Å². The van der Waals surface area contributed by atoms with Crippen molar-refractivity contribution in [2.45, 2.75) is 51.4 Å². The zero-order chi connectivity index (χ0) is 9.07. The summed E-state index contributed by atoms with van der Waals surface area (Å²) in [7, 11) is 0. The Balaban J connectivity index is 0. The smallest absolute Gasteiger partial charge is 0.00773 e. The highest BCUT2D eigenvalue weighted by molar-refractivity contribution is 5.85. The molecule has 0 amide bonds. The van der Waals surface area contributed by atoms with Crippen LogP contribution in [0.5, 0.6) is 0 Å². The standard InChI is InChI=1S/C10H24N2.ClH/c11-9-7-5-3-1-2-4-6-8-10-12;/h1-12H2;1H. The highest BCUT2D eigenvalue weighted by Gasteiger charge is 1.90. The van der Waals surface area contributed by atoms with E-state index in [1.807, 2.05) is 0 Å². The molecular weight excluding hydrogens is 184 g/mol. The van der Waals surface area contributed by atoms with Crippen molar-refractivity contribution in [2.75, 3.05) is 13.1 Å². The zero-order valence-corrected chi connectivity index (χ0v) is 9.45. The van der Waals surface area contributed by atoms with Gasteiger partial charge in [-0.2, -0.15) is 0 Å². The highest BCUT2D eigenvalue weighted by atomic mass is 35.5. The van der Waals surface area contributed by atoms with Crippen molar-refractivity contribution in [1.82, 2.24) is 0 Å². The molecule has 0 radical (unpaired) electrons. The Morgan fingerprint density at radius 3 is 0.923 bits per heavy atom. The lowest BCUT2D eigenvalue weighted by molar-refractivity contribution is 0.572. The maximum Gasteiger partial charge on any atom is -0.00773 e. The molecule has 0 aliphatic rings. The molecule has 0 fully saturated rings. The maximum absolute atomic E-state index is 5.40. The molecule has 0 aromatic carbocycles. The second-order valence-electron chi connectivity index (χ2n) is 3.41. The van der Waals surface area contributed by atoms with Crippen molar-refractivity contribution in [2.24, 2.45) is 11.5 Å². The molecule has 0 heterocycles. The molecule has 0 aliphatic heterocycles. The summed E-state index contributed by atoms with van der Waals surface area (Å²) in [4.78, 5) is 0. The lowest BCUT2D eigenvalue weighted by Crippen LogP contribution is -1.98. The summed E-state index contributed by atoms with van der Waals surface area (Å²) in [5.41, 5.74) is 10.8. The number of hydrogen-bond acceptors (Lipinski definition) is 2. The quantitative estimate of drug-likeness (QED) is 0.572. The van der Waals surface area contributed by atoms with Crippen LogP contribution in [-0.2, 0) is 0 Å². The van der Waals surface area contributed by atoms with Gasteiger partial charge in [-0.3, -0.25) is 0 Å². The van der Waals surface area contributed by atoms with E-state index in [0.717, 1.165) is 13.1 Å². The summed E-state index contributed by atoms with van der Waals surface area (Å²) >= 11 is 0. The lowest BCUT2D eigenvalue weighted by Gasteiger charge is -2.00. The summed E-state index contributed by atoms with van der Waals surface area (Å²) < 4.78 is 0. The Hall–Kier alpha value is 0.210. The number of unbranched alkanes of at least 4 members (excludes halogenated alkanes) is 7. The van der Waals surface area contributed by atoms with Crippen molar-refractivity contribution in [1.29, 1.82) is 0 Å². The van der Waals surface area contributed by atoms with Crippen LogP contribution in [0.1, 0.15) is 51.4 Å². The summed E-state index contributed by atoms with van der Waals surface area (Å²) in [5, 5.41) is 0. The minimum absolute atomic E-state index is 0. The van der Waals surface area contributed by atoms with E-state index in [1.165, 1.54) is 51.4 Å². The average Bonchev–Trinajstić information content (AvgIpc) is 2.10. The topological polar surface area (TPSA) is 52.0 Å². The van der Waals surface area contributed by atoms with Crippen LogP contribution >= 0.6 is 12.4 Å². The van der Waals surface area contributed by atoms with E-state index in [1.54, 1.807) is 0 Å². The van der Waals surface area contributed by atoms with Gasteiger partial charge in [-0.25, -0.2) is 0 Å². The van der Waals surface area contributed by atoms with E-state index in [-0.39, 0.29) is 12.4 Å². The minimum Gasteiger partial charge on any atom is -0.330 e. The zero-order valence-electron chi connectivity index (χ0n) is 8.63. The molecule has 0 unspecified atom stereocenters. The number of halogens is 1. The highest BCUT2D eigenvalue weighted by Crippen LogP contribution is 2.07. The van der Waals surface area contributed by atoms with Crippen LogP contribution in [0.2, 0.25) is 0 Å². The molecule has 0 saturated heterocycles. The van der Waals surface area contributed by atoms with Crippen LogP contribution in [0.25, 0.3) is 0 Å². The Bertz CT molecular complexity index is 69.3. The van der Waals surface area contributed by atoms with Crippen LogP contribution in [0, 0.1) is 0 Å². The summed E-state index contributed by atoms with van der Waals surface area (Å²) in [5.74, 6) is 0. The molecule has 82 valence electrons. The van der Waals surface area contributed by atoms with Crippen molar-refractivity contribution in [3.05, 3.63) is 0 Å². The predicted octanol–water partition coefficient (Wildman–Crippen LogP) is 2.45. The first-order valence-corrected chi connectivity index (χ1v) is 5.32. The lowest BCUT2D eigenvalue weighted by atomic mass is 10.1. The monoisotopic (exact) mass is 208 g/mol. The van der Waals surface area contributed by atoms with E-state index in [0.29, 0.717) is 0 Å². The molecule has 13 heavy (non-hydrogen) atoms. The third-order valence-electron chi connectivity index (χ3n) is 2.16. The van der Waals surface area contributed by atoms with Gasteiger partial charge in [0.2, 0.25) is 0 Å². The molecule has 0 bridgehead atoms. The van der Waals surface area contributed by atoms with Crippen LogP contribution in [0.3, 0.4) is 0 Å². The molecule has 0 aromatic heterocycles. The molecular formula is C10H25ClN2. The summed E-state index contributed by atoms with van der Waals surface area (Å²) in [6.07, 6.45) is 10.5. The van der Waals surface area contributed by atoms with Gasteiger partial charge in [0, 0.05) is 0 Å². The van der Waals surface area contributed by atoms with Crippen molar-refractivity contribution in [3.8, 4) is 0 Å². The Morgan fingerprint density at radius 2 is 0.692 bits per heavy atom. The predicted molar refractivity (Wildman–Crippen MR) is 62.3 cm³/mol. The Kier molecular flexibility index (Phi) is 17.7. The fourth-order valence-electron chi connectivity index (χ4n) is 1.35. The summed E-state index contributed by atoms with van der Waals surface area (Å²) in [6.45, 7) is 1.71. The Morgan fingerprint density at radius 1 is 0.462 bits per heavy atom. The molecule has 0 rings (SSSR count). The van der Waals surface area contributed by atoms with Gasteiger partial charge >= 0.3 is 0 Å². The Labute approximate surface area is 88.9 Å². The van der Waals surface area contributed by atoms with Crippen molar-refractivity contribution < 1.29 is 0 Å². The molecule has 0 saturated carbocycles. The van der Waals surface area contributed by atoms with Gasteiger partial charge in [0.25, 0.3) is 0 Å². The van der Waals surface area contributed by atoms with E-state index >= 15 is 0 Å². The molecule has 2 nitrogen and oxygen atoms in total. The van der Waals surface area contributed by atoms with Crippen molar-refractivity contribution >= 4 is 12.4 Å². The number of hydrogen-bond donors (Lipinski definition) is 2. The third-order valence-corrected chi connectivity index (χ3v) is 2.16. The minimum atomic E-state index is 0. The molecule has 0 aromatic rings. The second kappa shape index (κ2) is 14.7. The van der Waals surface area contributed by atoms with Gasteiger partial charge in [-0.1, -0.05) is 38.5 Å². The van der Waals surface area contributed by atoms with Gasteiger partial charge in [-0.05, 0) is 25.9 Å². The fourth-order valence-corrected chi connectivity index (χ4v) is 1.35. The van der Waals surface area contributed by atoms with E-state index < -0.39 is 0 Å². The van der Waals surface area contributed by atoms with E-state index in [4.69, 9.17) is 11.5 Å². The summed E-state index contributed by atoms with van der Waals surface area (Å²) in [6, 6.07) is 0. The van der Waals surface area contributed by atoms with Gasteiger partial charge < -0.3 is 11.5 Å². The van der Waals surface area contributed by atoms with Gasteiger partial charge in [0.1, 0.15) is 0 Å². The van der Waals surface area contributed by atoms with E-state index in [2.05, 4.69) is 0 Å². The van der Waals surface area contributed by atoms with Crippen molar-refractivity contribution in [3.63, 3.8) is 0 Å². The molecule has 0 aliphatic carbocycles. The van der Waals surface area contributed by atoms with E-state index in [9.17, 15) is 0 Å². The first-order valence-electron chi connectivity index (χ1n) is 5.32. The third kappa shape index (κ3) is 15.0. The number of rotatable bonds is 9. The van der Waals surface area contributed by atoms with Gasteiger partial charge in [-0.15, -0.1) is 12.4 Å². The molecule has 0 spiro atoms. The second-order valence-corrected chi connectivity index (χ2v) is 3.41. The average molecular weight is 209 g/mol. The first-order chi connectivity index (χ1) is 5.91. The maximum atomic E-state index is 5.40. The number of nitrogens with two attached hydrogens (primary N) is 2. The first kappa shape index (κ1) is 15.7. The van der Waals surface area contributed by atoms with Crippen LogP contribution in [-0.4, -0.2) is 13.1 Å². The van der Waals surface area contributed by atoms with Gasteiger partial charge in [0.05, 0.1) is 0 Å². The van der Waals surface area contributed by atoms with Crippen LogP contribution in [0.15, 0.2) is 0 Å². The normalized spacial score (nSPS) is 9.69. The molecule has 4 N–H and O–H groups in total. The largest absolute Gasteiger partial charge is 0.330 e. The molecule has 0 atom stereocenters. The van der Waals surface area contributed by atoms with Crippen LogP contribution in [0.4, 0.5) is 0 Å². The van der Waals surface area contributed by atoms with Crippen LogP contribution < -0.4 is 11.5 Å². The molecule has 3 heteroatoms.